The Morgan fingerprint density at radius 2 is 1.90 bits per heavy atom. The Kier molecular flexibility index (Phi) is 4.35. The van der Waals surface area contributed by atoms with E-state index in [-0.39, 0.29) is 5.41 Å². The molecule has 0 aliphatic rings. The first-order valence-electron chi connectivity index (χ1n) is 6.24. The smallest absolute Gasteiger partial charge is 0.238 e. The van der Waals surface area contributed by atoms with Gasteiger partial charge in [0.05, 0.1) is 0 Å². The molecule has 1 aromatic carbocycles. The lowest BCUT2D eigenvalue weighted by Crippen LogP contribution is -2.11. The first-order valence-corrected chi connectivity index (χ1v) is 7.41. The van der Waals surface area contributed by atoms with Gasteiger partial charge in [-0.2, -0.15) is 0 Å². The number of aryl methyl sites for hydroxylation is 1. The fraction of sp³-hybridized carbons (Fsp3) is 0.333. The summed E-state index contributed by atoms with van der Waals surface area (Å²) in [7, 11) is 0. The lowest BCUT2D eigenvalue weighted by molar-refractivity contribution is 0.453. The zero-order valence-electron chi connectivity index (χ0n) is 11.9. The Labute approximate surface area is 132 Å². The van der Waals surface area contributed by atoms with E-state index in [0.717, 1.165) is 11.3 Å². The van der Waals surface area contributed by atoms with Crippen molar-refractivity contribution in [2.45, 2.75) is 33.1 Å². The monoisotopic (exact) mass is 354 g/mol. The molecule has 0 bridgehead atoms. The van der Waals surface area contributed by atoms with Crippen LogP contribution < -0.4 is 4.74 Å². The van der Waals surface area contributed by atoms with Crippen molar-refractivity contribution in [1.29, 1.82) is 0 Å². The van der Waals surface area contributed by atoms with Gasteiger partial charge in [-0.15, -0.1) is 0 Å². The number of benzene rings is 1. The van der Waals surface area contributed by atoms with Gasteiger partial charge in [0.2, 0.25) is 5.88 Å². The molecule has 0 N–H and O–H groups in total. The highest BCUT2D eigenvalue weighted by molar-refractivity contribution is 9.10. The van der Waals surface area contributed by atoms with Gasteiger partial charge < -0.3 is 4.74 Å². The molecule has 0 radical (unpaired) electrons. The summed E-state index contributed by atoms with van der Waals surface area (Å²) in [4.78, 5) is 7.96. The van der Waals surface area contributed by atoms with Crippen molar-refractivity contribution < 1.29 is 4.74 Å². The van der Waals surface area contributed by atoms with Gasteiger partial charge in [-0.25, -0.2) is 9.97 Å². The number of nitrogens with zero attached hydrogens (tertiary/aromatic N) is 2. The Bertz CT molecular complexity index is 638. The van der Waals surface area contributed by atoms with E-state index in [9.17, 15) is 0 Å². The predicted octanol–water partition coefficient (Wildman–Crippen LogP) is 5.29. The van der Waals surface area contributed by atoms with Crippen LogP contribution in [-0.2, 0) is 5.41 Å². The maximum Gasteiger partial charge on any atom is 0.238 e. The summed E-state index contributed by atoms with van der Waals surface area (Å²) in [6.45, 7) is 8.57. The van der Waals surface area contributed by atoms with Gasteiger partial charge in [0, 0.05) is 0 Å². The average molecular weight is 356 g/mol. The molecule has 3 nitrogen and oxygen atoms in total. The number of ether oxygens (including phenoxy) is 1. The summed E-state index contributed by atoms with van der Waals surface area (Å²) in [5.41, 5.74) is 2.43. The fourth-order valence-corrected chi connectivity index (χ4v) is 2.15. The van der Waals surface area contributed by atoms with Gasteiger partial charge in [0.1, 0.15) is 16.5 Å². The number of halogens is 2. The average Bonchev–Trinajstić information content (AvgIpc) is 2.36. The van der Waals surface area contributed by atoms with Crippen LogP contribution in [0.3, 0.4) is 0 Å². The van der Waals surface area contributed by atoms with Gasteiger partial charge in [-0.1, -0.05) is 44.5 Å². The van der Waals surface area contributed by atoms with Crippen molar-refractivity contribution in [3.8, 4) is 11.6 Å². The van der Waals surface area contributed by atoms with Crippen LogP contribution >= 0.6 is 27.5 Å². The van der Waals surface area contributed by atoms with Crippen LogP contribution in [0.25, 0.3) is 0 Å². The van der Waals surface area contributed by atoms with Crippen LogP contribution in [0.2, 0.25) is 5.15 Å². The fourth-order valence-electron chi connectivity index (χ4n) is 1.74. The van der Waals surface area contributed by atoms with E-state index in [0.29, 0.717) is 15.5 Å². The van der Waals surface area contributed by atoms with E-state index in [4.69, 9.17) is 16.3 Å². The van der Waals surface area contributed by atoms with Crippen molar-refractivity contribution in [3.05, 3.63) is 45.3 Å². The molecule has 1 heterocycles. The molecule has 0 fully saturated rings. The van der Waals surface area contributed by atoms with E-state index in [2.05, 4.69) is 58.8 Å². The van der Waals surface area contributed by atoms with Crippen molar-refractivity contribution >= 4 is 27.5 Å². The highest BCUT2D eigenvalue weighted by Gasteiger charge is 2.16. The normalized spacial score (nSPS) is 11.5. The van der Waals surface area contributed by atoms with E-state index >= 15 is 0 Å². The molecular formula is C15H16BrClN2O. The summed E-state index contributed by atoms with van der Waals surface area (Å²) in [6, 6.07) is 6.16. The highest BCUT2D eigenvalue weighted by atomic mass is 79.9. The lowest BCUT2D eigenvalue weighted by atomic mass is 9.86. The van der Waals surface area contributed by atoms with Gasteiger partial charge in [-0.05, 0) is 45.5 Å². The third-order valence-electron chi connectivity index (χ3n) is 2.96. The Balaban J connectivity index is 2.33. The molecule has 2 rings (SSSR count). The molecule has 106 valence electrons. The minimum atomic E-state index is 0.113. The maximum atomic E-state index is 5.93. The van der Waals surface area contributed by atoms with E-state index in [1.807, 2.05) is 13.0 Å². The third kappa shape index (κ3) is 3.30. The Morgan fingerprint density at radius 1 is 1.20 bits per heavy atom. The van der Waals surface area contributed by atoms with E-state index in [1.54, 1.807) is 0 Å². The molecule has 1 aromatic heterocycles. The first kappa shape index (κ1) is 15.3. The summed E-state index contributed by atoms with van der Waals surface area (Å²) in [6.07, 6.45) is 1.38. The number of aromatic nitrogens is 2. The minimum Gasteiger partial charge on any atom is -0.437 e. The van der Waals surface area contributed by atoms with Gasteiger partial charge in [-0.3, -0.25) is 0 Å². The van der Waals surface area contributed by atoms with Crippen LogP contribution in [0, 0.1) is 6.92 Å². The molecule has 0 spiro atoms. The summed E-state index contributed by atoms with van der Waals surface area (Å²) in [5.74, 6) is 1.17. The second-order valence-corrected chi connectivity index (χ2v) is 6.77. The topological polar surface area (TPSA) is 35.0 Å². The lowest BCUT2D eigenvalue weighted by Gasteiger charge is -2.20. The molecule has 0 aliphatic heterocycles. The molecule has 2 aromatic rings. The quantitative estimate of drug-likeness (QED) is 0.686. The second kappa shape index (κ2) is 5.70. The van der Waals surface area contributed by atoms with Crippen LogP contribution in [-0.4, -0.2) is 9.97 Å². The molecule has 0 amide bonds. The SMILES string of the molecule is Cc1cc(C(C)(C)C)ccc1Oc1ncnc(Cl)c1Br. The van der Waals surface area contributed by atoms with Crippen LogP contribution in [0.1, 0.15) is 31.9 Å². The van der Waals surface area contributed by atoms with Gasteiger partial charge in [0.25, 0.3) is 0 Å². The van der Waals surface area contributed by atoms with Gasteiger partial charge >= 0.3 is 0 Å². The second-order valence-electron chi connectivity index (χ2n) is 5.62. The minimum absolute atomic E-state index is 0.113. The summed E-state index contributed by atoms with van der Waals surface area (Å²) in [5, 5.41) is 0.332. The molecular weight excluding hydrogens is 340 g/mol. The number of rotatable bonds is 2. The Hall–Kier alpha value is -1.13. The highest BCUT2D eigenvalue weighted by Crippen LogP contribution is 2.34. The molecule has 0 unspecified atom stereocenters. The third-order valence-corrected chi connectivity index (χ3v) is 4.19. The van der Waals surface area contributed by atoms with Crippen molar-refractivity contribution in [3.63, 3.8) is 0 Å². The van der Waals surface area contributed by atoms with Crippen molar-refractivity contribution in [2.75, 3.05) is 0 Å². The van der Waals surface area contributed by atoms with Crippen LogP contribution in [0.15, 0.2) is 29.0 Å². The molecule has 0 aliphatic carbocycles. The summed E-state index contributed by atoms with van der Waals surface area (Å²) >= 11 is 9.25. The zero-order chi connectivity index (χ0) is 14.9. The predicted molar refractivity (Wildman–Crippen MR) is 84.7 cm³/mol. The Morgan fingerprint density at radius 3 is 2.50 bits per heavy atom. The largest absolute Gasteiger partial charge is 0.437 e. The number of hydrogen-bond acceptors (Lipinski definition) is 3. The first-order chi connectivity index (χ1) is 9.29. The van der Waals surface area contributed by atoms with E-state index < -0.39 is 0 Å². The molecule has 5 heteroatoms. The molecule has 0 saturated heterocycles. The van der Waals surface area contributed by atoms with Crippen LogP contribution in [0.4, 0.5) is 0 Å². The van der Waals surface area contributed by atoms with Crippen molar-refractivity contribution in [1.82, 2.24) is 9.97 Å². The van der Waals surface area contributed by atoms with Gasteiger partial charge in [0.15, 0.2) is 5.15 Å². The molecule has 0 saturated carbocycles. The standard InChI is InChI=1S/C15H16BrClN2O/c1-9-7-10(15(2,3)4)5-6-11(9)20-14-12(16)13(17)18-8-19-14/h5-8H,1-4H3. The maximum absolute atomic E-state index is 5.93. The van der Waals surface area contributed by atoms with Crippen LogP contribution in [0.5, 0.6) is 11.6 Å². The summed E-state index contributed by atoms with van der Waals surface area (Å²) < 4.78 is 6.36. The molecule has 0 atom stereocenters. The number of hydrogen-bond donors (Lipinski definition) is 0. The molecule has 20 heavy (non-hydrogen) atoms. The van der Waals surface area contributed by atoms with E-state index in [1.165, 1.54) is 11.9 Å². The van der Waals surface area contributed by atoms with Crippen molar-refractivity contribution in [2.24, 2.45) is 0 Å². The zero-order valence-corrected chi connectivity index (χ0v) is 14.2.